The van der Waals surface area contributed by atoms with E-state index in [1.165, 1.54) is 0 Å². The quantitative estimate of drug-likeness (QED) is 0.823. The van der Waals surface area contributed by atoms with Gasteiger partial charge in [0.15, 0.2) is 0 Å². The number of carboxylic acid groups (broad SMARTS) is 1. The number of hydrogen-bond acceptors (Lipinski definition) is 1. The lowest BCUT2D eigenvalue weighted by atomic mass is 10.1. The third-order valence-corrected chi connectivity index (χ3v) is 2.43. The first-order valence-electron chi connectivity index (χ1n) is 3.84. The first kappa shape index (κ1) is 10.3. The van der Waals surface area contributed by atoms with Crippen molar-refractivity contribution in [1.82, 2.24) is 5.32 Å². The van der Waals surface area contributed by atoms with Crippen LogP contribution in [-0.4, -0.2) is 11.2 Å². The van der Waals surface area contributed by atoms with E-state index in [9.17, 15) is 4.79 Å². The Bertz CT molecular complexity index is 297. The Morgan fingerprint density at radius 1 is 1.46 bits per heavy atom. The maximum Gasteiger partial charge on any atom is 0.405 e. The van der Waals surface area contributed by atoms with Gasteiger partial charge in [-0.15, -0.1) is 0 Å². The Morgan fingerprint density at radius 2 is 2.00 bits per heavy atom. The van der Waals surface area contributed by atoms with Crippen molar-refractivity contribution < 1.29 is 9.90 Å². The first-order valence-corrected chi connectivity index (χ1v) is 4.92. The topological polar surface area (TPSA) is 49.3 Å². The van der Waals surface area contributed by atoms with Gasteiger partial charge in [0.1, 0.15) is 0 Å². The number of rotatable bonds is 2. The Hall–Kier alpha value is -0.780. The maximum absolute atomic E-state index is 10.3. The van der Waals surface area contributed by atoms with E-state index < -0.39 is 6.09 Å². The molecule has 70 valence electrons. The zero-order valence-corrected chi connectivity index (χ0v) is 9.28. The summed E-state index contributed by atoms with van der Waals surface area (Å²) in [5, 5.41) is 10.9. The highest BCUT2D eigenvalue weighted by Gasteiger charge is 2.06. The van der Waals surface area contributed by atoms with Crippen LogP contribution < -0.4 is 5.32 Å². The molecule has 0 spiro atoms. The second-order valence-electron chi connectivity index (χ2n) is 2.72. The number of benzene rings is 1. The van der Waals surface area contributed by atoms with Crippen LogP contribution in [0.1, 0.15) is 18.5 Å². The van der Waals surface area contributed by atoms with Gasteiger partial charge in [-0.1, -0.05) is 12.1 Å². The van der Waals surface area contributed by atoms with Crippen molar-refractivity contribution in [3.63, 3.8) is 0 Å². The number of amides is 1. The summed E-state index contributed by atoms with van der Waals surface area (Å²) in [6.07, 6.45) is -0.994. The third kappa shape index (κ3) is 3.22. The van der Waals surface area contributed by atoms with Crippen molar-refractivity contribution in [1.29, 1.82) is 0 Å². The number of halogens is 1. The van der Waals surface area contributed by atoms with Gasteiger partial charge in [0.05, 0.1) is 6.04 Å². The van der Waals surface area contributed by atoms with Crippen LogP contribution in [0.15, 0.2) is 24.3 Å². The average Bonchev–Trinajstić information content (AvgIpc) is 2.04. The standard InChI is InChI=1S/C9H10INO2/c1-6(11-9(12)13)7-2-4-8(10)5-3-7/h2-6,11H,1H3,(H,12,13)/t6-/m0/s1. The molecule has 0 aliphatic carbocycles. The van der Waals surface area contributed by atoms with Gasteiger partial charge in [-0.05, 0) is 47.2 Å². The summed E-state index contributed by atoms with van der Waals surface area (Å²) in [6.45, 7) is 1.82. The fourth-order valence-electron chi connectivity index (χ4n) is 1.02. The molecule has 0 aliphatic heterocycles. The number of carbonyl (C=O) groups is 1. The number of hydrogen-bond donors (Lipinski definition) is 2. The molecule has 1 aromatic rings. The highest BCUT2D eigenvalue weighted by molar-refractivity contribution is 14.1. The predicted octanol–water partition coefficient (Wildman–Crippen LogP) is 2.62. The monoisotopic (exact) mass is 291 g/mol. The van der Waals surface area contributed by atoms with Crippen LogP contribution in [0.2, 0.25) is 0 Å². The summed E-state index contributed by atoms with van der Waals surface area (Å²) in [6, 6.07) is 7.59. The molecular weight excluding hydrogens is 281 g/mol. The molecule has 1 amide bonds. The van der Waals surface area contributed by atoms with Gasteiger partial charge in [0.25, 0.3) is 0 Å². The van der Waals surface area contributed by atoms with Gasteiger partial charge in [-0.3, -0.25) is 0 Å². The van der Waals surface area contributed by atoms with Gasteiger partial charge in [0, 0.05) is 3.57 Å². The van der Waals surface area contributed by atoms with Crippen LogP contribution in [0.5, 0.6) is 0 Å². The molecule has 0 saturated carbocycles. The van der Waals surface area contributed by atoms with Gasteiger partial charge in [-0.25, -0.2) is 4.79 Å². The fraction of sp³-hybridized carbons (Fsp3) is 0.222. The van der Waals surface area contributed by atoms with Crippen molar-refractivity contribution in [2.24, 2.45) is 0 Å². The van der Waals surface area contributed by atoms with E-state index in [4.69, 9.17) is 5.11 Å². The van der Waals surface area contributed by atoms with Crippen LogP contribution in [-0.2, 0) is 0 Å². The molecule has 0 bridgehead atoms. The Morgan fingerprint density at radius 3 is 2.46 bits per heavy atom. The van der Waals surface area contributed by atoms with Crippen molar-refractivity contribution in [2.45, 2.75) is 13.0 Å². The summed E-state index contributed by atoms with van der Waals surface area (Å²) in [5.74, 6) is 0. The molecule has 0 aliphatic rings. The minimum Gasteiger partial charge on any atom is -0.465 e. The Kier molecular flexibility index (Phi) is 3.53. The lowest BCUT2D eigenvalue weighted by molar-refractivity contribution is 0.191. The van der Waals surface area contributed by atoms with Crippen molar-refractivity contribution in [2.75, 3.05) is 0 Å². The van der Waals surface area contributed by atoms with Gasteiger partial charge in [-0.2, -0.15) is 0 Å². The second-order valence-corrected chi connectivity index (χ2v) is 3.97. The van der Waals surface area contributed by atoms with E-state index in [-0.39, 0.29) is 6.04 Å². The summed E-state index contributed by atoms with van der Waals surface area (Å²) in [4.78, 5) is 10.3. The van der Waals surface area contributed by atoms with Gasteiger partial charge >= 0.3 is 6.09 Å². The van der Waals surface area contributed by atoms with Crippen molar-refractivity contribution >= 4 is 28.7 Å². The third-order valence-electron chi connectivity index (χ3n) is 1.71. The summed E-state index contributed by atoms with van der Waals surface area (Å²) >= 11 is 2.21. The molecule has 4 heteroatoms. The number of nitrogens with one attached hydrogen (secondary N) is 1. The zero-order valence-electron chi connectivity index (χ0n) is 7.12. The lowest BCUT2D eigenvalue weighted by Gasteiger charge is -2.11. The molecule has 0 heterocycles. The molecule has 0 aromatic heterocycles. The van der Waals surface area contributed by atoms with Crippen LogP contribution in [0, 0.1) is 3.57 Å². The molecular formula is C9H10INO2. The van der Waals surface area contributed by atoms with E-state index in [0.29, 0.717) is 0 Å². The summed E-state index contributed by atoms with van der Waals surface area (Å²) < 4.78 is 1.14. The van der Waals surface area contributed by atoms with E-state index in [1.54, 1.807) is 0 Å². The van der Waals surface area contributed by atoms with Crippen molar-refractivity contribution in [3.8, 4) is 0 Å². The highest BCUT2D eigenvalue weighted by atomic mass is 127. The molecule has 2 N–H and O–H groups in total. The van der Waals surface area contributed by atoms with Gasteiger partial charge in [0.2, 0.25) is 0 Å². The minimum atomic E-state index is -0.994. The molecule has 3 nitrogen and oxygen atoms in total. The molecule has 1 atom stereocenters. The maximum atomic E-state index is 10.3. The SMILES string of the molecule is C[C@H](NC(=O)O)c1ccc(I)cc1. The Labute approximate surface area is 90.3 Å². The summed E-state index contributed by atoms with van der Waals surface area (Å²) in [7, 11) is 0. The second kappa shape index (κ2) is 4.45. The average molecular weight is 291 g/mol. The molecule has 1 rings (SSSR count). The summed E-state index contributed by atoms with van der Waals surface area (Å²) in [5.41, 5.74) is 0.975. The van der Waals surface area contributed by atoms with E-state index in [2.05, 4.69) is 27.9 Å². The zero-order chi connectivity index (χ0) is 9.84. The van der Waals surface area contributed by atoms with Crippen LogP contribution in [0.4, 0.5) is 4.79 Å². The molecule has 1 aromatic carbocycles. The molecule has 0 fully saturated rings. The van der Waals surface area contributed by atoms with E-state index in [1.807, 2.05) is 31.2 Å². The Balaban J connectivity index is 2.71. The first-order chi connectivity index (χ1) is 6.09. The highest BCUT2D eigenvalue weighted by Crippen LogP contribution is 2.13. The minimum absolute atomic E-state index is 0.158. The smallest absolute Gasteiger partial charge is 0.405 e. The molecule has 0 saturated heterocycles. The largest absolute Gasteiger partial charge is 0.465 e. The molecule has 0 radical (unpaired) electrons. The normalized spacial score (nSPS) is 12.2. The van der Waals surface area contributed by atoms with E-state index in [0.717, 1.165) is 9.13 Å². The molecule has 0 unspecified atom stereocenters. The van der Waals surface area contributed by atoms with Crippen LogP contribution >= 0.6 is 22.6 Å². The lowest BCUT2D eigenvalue weighted by Crippen LogP contribution is -2.24. The van der Waals surface area contributed by atoms with E-state index >= 15 is 0 Å². The fourth-order valence-corrected chi connectivity index (χ4v) is 1.38. The van der Waals surface area contributed by atoms with Gasteiger partial charge < -0.3 is 10.4 Å². The van der Waals surface area contributed by atoms with Crippen LogP contribution in [0.25, 0.3) is 0 Å². The molecule has 13 heavy (non-hydrogen) atoms. The van der Waals surface area contributed by atoms with Crippen LogP contribution in [0.3, 0.4) is 0 Å². The predicted molar refractivity (Wildman–Crippen MR) is 58.7 cm³/mol. The van der Waals surface area contributed by atoms with Crippen molar-refractivity contribution in [3.05, 3.63) is 33.4 Å².